The maximum absolute atomic E-state index is 11.8. The van der Waals surface area contributed by atoms with Crippen molar-refractivity contribution in [3.05, 3.63) is 23.2 Å². The Bertz CT molecular complexity index is 505. The van der Waals surface area contributed by atoms with Crippen LogP contribution >= 0.6 is 11.6 Å². The van der Waals surface area contributed by atoms with Crippen LogP contribution in [0.5, 0.6) is 0 Å². The van der Waals surface area contributed by atoms with E-state index in [1.54, 1.807) is 44.2 Å². The van der Waals surface area contributed by atoms with Crippen LogP contribution in [-0.4, -0.2) is 55.8 Å². The Balaban J connectivity index is 2.53. The topological polar surface area (TPSA) is 78.7 Å². The van der Waals surface area contributed by atoms with Gasteiger partial charge in [0.2, 0.25) is 11.8 Å². The highest BCUT2D eigenvalue weighted by Gasteiger charge is 2.12. The third-order valence-corrected chi connectivity index (χ3v) is 2.84. The van der Waals surface area contributed by atoms with Gasteiger partial charge in [-0.2, -0.15) is 0 Å². The molecule has 3 N–H and O–H groups in total. The normalized spacial score (nSPS) is 10.4. The quantitative estimate of drug-likeness (QED) is 0.791. The van der Waals surface area contributed by atoms with E-state index in [1.807, 2.05) is 0 Å². The molecule has 7 heteroatoms. The summed E-state index contributed by atoms with van der Waals surface area (Å²) in [5.41, 5.74) is 6.65. The largest absolute Gasteiger partial charge is 0.397 e. The zero-order chi connectivity index (χ0) is 15.3. The van der Waals surface area contributed by atoms with Crippen LogP contribution in [0.15, 0.2) is 18.2 Å². The molecule has 0 unspecified atom stereocenters. The minimum Gasteiger partial charge on any atom is -0.397 e. The number of carbonyl (C=O) groups is 2. The number of nitrogens with one attached hydrogen (secondary N) is 1. The third-order valence-electron chi connectivity index (χ3n) is 2.61. The summed E-state index contributed by atoms with van der Waals surface area (Å²) >= 11 is 5.78. The van der Waals surface area contributed by atoms with Gasteiger partial charge in [0.15, 0.2) is 0 Å². The minimum absolute atomic E-state index is 0.0636. The summed E-state index contributed by atoms with van der Waals surface area (Å²) in [5, 5.41) is 3.19. The van der Waals surface area contributed by atoms with Crippen LogP contribution in [0.3, 0.4) is 0 Å². The molecule has 0 saturated carbocycles. The maximum atomic E-state index is 11.8. The van der Waals surface area contributed by atoms with E-state index >= 15 is 0 Å². The van der Waals surface area contributed by atoms with Crippen molar-refractivity contribution in [3.63, 3.8) is 0 Å². The lowest BCUT2D eigenvalue weighted by Gasteiger charge is -2.18. The van der Waals surface area contributed by atoms with E-state index in [2.05, 4.69) is 5.32 Å². The molecule has 0 aliphatic carbocycles. The van der Waals surface area contributed by atoms with Crippen molar-refractivity contribution < 1.29 is 9.59 Å². The molecule has 110 valence electrons. The predicted octanol–water partition coefficient (Wildman–Crippen LogP) is 0.881. The maximum Gasteiger partial charge on any atom is 0.238 e. The molecule has 0 radical (unpaired) electrons. The van der Waals surface area contributed by atoms with E-state index in [4.69, 9.17) is 17.3 Å². The van der Waals surface area contributed by atoms with Crippen LogP contribution in [0.4, 0.5) is 11.4 Å². The van der Waals surface area contributed by atoms with Gasteiger partial charge in [0.1, 0.15) is 0 Å². The van der Waals surface area contributed by atoms with Gasteiger partial charge in [-0.1, -0.05) is 11.6 Å². The molecule has 20 heavy (non-hydrogen) atoms. The molecule has 1 aromatic rings. The molecule has 2 amide bonds. The molecule has 0 fully saturated rings. The lowest BCUT2D eigenvalue weighted by atomic mass is 10.2. The monoisotopic (exact) mass is 298 g/mol. The Kier molecular flexibility index (Phi) is 5.79. The van der Waals surface area contributed by atoms with Gasteiger partial charge in [0.05, 0.1) is 24.5 Å². The lowest BCUT2D eigenvalue weighted by molar-refractivity contribution is -0.130. The molecule has 0 atom stereocenters. The Morgan fingerprint density at radius 2 is 1.90 bits per heavy atom. The Hall–Kier alpha value is -1.79. The Labute approximate surface area is 123 Å². The van der Waals surface area contributed by atoms with Crippen molar-refractivity contribution in [2.75, 3.05) is 45.3 Å². The van der Waals surface area contributed by atoms with Gasteiger partial charge in [-0.3, -0.25) is 14.5 Å². The van der Waals surface area contributed by atoms with Crippen LogP contribution in [0.2, 0.25) is 5.02 Å². The van der Waals surface area contributed by atoms with E-state index in [9.17, 15) is 9.59 Å². The molecule has 0 aromatic heterocycles. The number of benzene rings is 1. The Morgan fingerprint density at radius 1 is 1.25 bits per heavy atom. The number of likely N-dealkylation sites (N-methyl/N-ethyl adjacent to an activating group) is 2. The van der Waals surface area contributed by atoms with Crippen LogP contribution in [0.1, 0.15) is 0 Å². The first-order valence-electron chi connectivity index (χ1n) is 6.03. The number of rotatable bonds is 5. The molecular formula is C13H19ClN4O2. The zero-order valence-corrected chi connectivity index (χ0v) is 12.6. The van der Waals surface area contributed by atoms with E-state index in [0.29, 0.717) is 16.4 Å². The van der Waals surface area contributed by atoms with E-state index in [0.717, 1.165) is 0 Å². The molecule has 0 aliphatic rings. The van der Waals surface area contributed by atoms with Gasteiger partial charge in [0.25, 0.3) is 0 Å². The smallest absolute Gasteiger partial charge is 0.238 e. The number of anilines is 2. The highest BCUT2D eigenvalue weighted by atomic mass is 35.5. The third kappa shape index (κ3) is 5.07. The first-order chi connectivity index (χ1) is 9.29. The number of halogens is 1. The minimum atomic E-state index is -0.243. The number of hydrogen-bond donors (Lipinski definition) is 2. The van der Waals surface area contributed by atoms with Crippen molar-refractivity contribution in [3.8, 4) is 0 Å². The molecular weight excluding hydrogens is 280 g/mol. The number of carbonyl (C=O) groups excluding carboxylic acids is 2. The average molecular weight is 299 g/mol. The van der Waals surface area contributed by atoms with Crippen LogP contribution in [0.25, 0.3) is 0 Å². The summed E-state index contributed by atoms with van der Waals surface area (Å²) in [4.78, 5) is 26.5. The fourth-order valence-electron chi connectivity index (χ4n) is 1.51. The van der Waals surface area contributed by atoms with Crippen molar-refractivity contribution >= 4 is 34.8 Å². The Morgan fingerprint density at radius 3 is 2.45 bits per heavy atom. The summed E-state index contributed by atoms with van der Waals surface area (Å²) < 4.78 is 0. The van der Waals surface area contributed by atoms with E-state index in [-0.39, 0.29) is 24.9 Å². The lowest BCUT2D eigenvalue weighted by Crippen LogP contribution is -2.38. The first kappa shape index (κ1) is 16.3. The van der Waals surface area contributed by atoms with E-state index < -0.39 is 0 Å². The number of nitrogens with two attached hydrogens (primary N) is 1. The van der Waals surface area contributed by atoms with Gasteiger partial charge in [-0.15, -0.1) is 0 Å². The zero-order valence-electron chi connectivity index (χ0n) is 11.8. The highest BCUT2D eigenvalue weighted by molar-refractivity contribution is 6.31. The van der Waals surface area contributed by atoms with Crippen LogP contribution in [0, 0.1) is 0 Å². The first-order valence-corrected chi connectivity index (χ1v) is 6.41. The van der Waals surface area contributed by atoms with Crippen molar-refractivity contribution in [1.29, 1.82) is 0 Å². The summed E-state index contributed by atoms with van der Waals surface area (Å²) in [5.74, 6) is -0.306. The molecule has 0 heterocycles. The summed E-state index contributed by atoms with van der Waals surface area (Å²) in [6.45, 7) is 0.276. The standard InChI is InChI=1S/C13H19ClN4O2/c1-17(2)13(20)8-18(3)7-12(19)16-11-5-4-9(14)6-10(11)15/h4-6H,7-8,15H2,1-3H3,(H,16,19). The molecule has 6 nitrogen and oxygen atoms in total. The fourth-order valence-corrected chi connectivity index (χ4v) is 1.69. The van der Waals surface area contributed by atoms with E-state index in [1.165, 1.54) is 4.90 Å². The van der Waals surface area contributed by atoms with Gasteiger partial charge in [-0.25, -0.2) is 0 Å². The molecule has 0 aliphatic heterocycles. The van der Waals surface area contributed by atoms with Crippen LogP contribution in [-0.2, 0) is 9.59 Å². The summed E-state index contributed by atoms with van der Waals surface area (Å²) in [6.07, 6.45) is 0. The predicted molar refractivity (Wildman–Crippen MR) is 80.7 cm³/mol. The fraction of sp³-hybridized carbons (Fsp3) is 0.385. The van der Waals surface area contributed by atoms with Crippen LogP contribution < -0.4 is 11.1 Å². The SMILES string of the molecule is CN(CC(=O)Nc1ccc(Cl)cc1N)CC(=O)N(C)C. The van der Waals surface area contributed by atoms with Crippen molar-refractivity contribution in [2.45, 2.75) is 0 Å². The van der Waals surface area contributed by atoms with Gasteiger partial charge >= 0.3 is 0 Å². The van der Waals surface area contributed by atoms with Crippen molar-refractivity contribution in [1.82, 2.24) is 9.80 Å². The number of hydrogen-bond acceptors (Lipinski definition) is 4. The molecule has 0 spiro atoms. The molecule has 1 rings (SSSR count). The number of nitrogens with zero attached hydrogens (tertiary/aromatic N) is 2. The van der Waals surface area contributed by atoms with Gasteiger partial charge < -0.3 is 16.0 Å². The number of amides is 2. The second-order valence-electron chi connectivity index (χ2n) is 4.74. The average Bonchev–Trinajstić information content (AvgIpc) is 2.32. The van der Waals surface area contributed by atoms with Crippen molar-refractivity contribution in [2.24, 2.45) is 0 Å². The molecule has 1 aromatic carbocycles. The summed E-state index contributed by atoms with van der Waals surface area (Å²) in [7, 11) is 5.04. The molecule has 0 bridgehead atoms. The summed E-state index contributed by atoms with van der Waals surface area (Å²) in [6, 6.07) is 4.85. The second-order valence-corrected chi connectivity index (χ2v) is 5.18. The van der Waals surface area contributed by atoms with Gasteiger partial charge in [-0.05, 0) is 25.2 Å². The number of nitrogen functional groups attached to an aromatic ring is 1. The molecule has 0 saturated heterocycles. The second kappa shape index (κ2) is 7.12. The highest BCUT2D eigenvalue weighted by Crippen LogP contribution is 2.22. The van der Waals surface area contributed by atoms with Gasteiger partial charge in [0, 0.05) is 19.1 Å².